The Morgan fingerprint density at radius 3 is 2.60 bits per heavy atom. The summed E-state index contributed by atoms with van der Waals surface area (Å²) in [5, 5.41) is 3.38. The summed E-state index contributed by atoms with van der Waals surface area (Å²) in [7, 11) is 4.17. The summed E-state index contributed by atoms with van der Waals surface area (Å²) < 4.78 is 0. The lowest BCUT2D eigenvalue weighted by molar-refractivity contribution is 0.400. The molecule has 0 unspecified atom stereocenters. The van der Waals surface area contributed by atoms with Crippen molar-refractivity contribution < 1.29 is 0 Å². The fourth-order valence-corrected chi connectivity index (χ4v) is 2.12. The van der Waals surface area contributed by atoms with E-state index in [4.69, 9.17) is 5.73 Å². The molecule has 0 saturated heterocycles. The average molecular weight is 270 g/mol. The molecule has 0 aliphatic carbocycles. The van der Waals surface area contributed by atoms with Crippen LogP contribution in [0, 0.1) is 0 Å². The molecule has 4 nitrogen and oxygen atoms in total. The van der Waals surface area contributed by atoms with Crippen LogP contribution in [0.3, 0.4) is 0 Å². The van der Waals surface area contributed by atoms with Crippen LogP contribution in [0.15, 0.2) is 42.6 Å². The van der Waals surface area contributed by atoms with Gasteiger partial charge in [-0.2, -0.15) is 0 Å². The summed E-state index contributed by atoms with van der Waals surface area (Å²) in [5.74, 6) is 0.552. The number of aryl methyl sites for hydroxylation is 1. The van der Waals surface area contributed by atoms with Gasteiger partial charge in [0.2, 0.25) is 0 Å². The van der Waals surface area contributed by atoms with E-state index in [1.54, 1.807) is 6.20 Å². The molecule has 0 saturated carbocycles. The van der Waals surface area contributed by atoms with Gasteiger partial charge in [-0.1, -0.05) is 18.2 Å². The van der Waals surface area contributed by atoms with Gasteiger partial charge in [-0.3, -0.25) is 0 Å². The van der Waals surface area contributed by atoms with E-state index in [9.17, 15) is 0 Å². The Hall–Kier alpha value is -2.07. The van der Waals surface area contributed by atoms with E-state index in [2.05, 4.69) is 29.3 Å². The molecule has 0 amide bonds. The number of nitrogens with one attached hydrogen (secondary N) is 1. The van der Waals surface area contributed by atoms with Crippen LogP contribution in [-0.2, 0) is 6.42 Å². The first kappa shape index (κ1) is 14.3. The van der Waals surface area contributed by atoms with Crippen molar-refractivity contribution in [3.63, 3.8) is 0 Å². The molecule has 2 aromatic rings. The van der Waals surface area contributed by atoms with Crippen molar-refractivity contribution in [3.8, 4) is 0 Å². The molecule has 3 N–H and O–H groups in total. The molecule has 0 bridgehead atoms. The minimum Gasteiger partial charge on any atom is -0.382 e. The van der Waals surface area contributed by atoms with Crippen LogP contribution in [0.5, 0.6) is 0 Å². The second-order valence-corrected chi connectivity index (χ2v) is 5.13. The number of nitrogens with zero attached hydrogens (tertiary/aromatic N) is 2. The van der Waals surface area contributed by atoms with Crippen molar-refractivity contribution in [3.05, 3.63) is 48.2 Å². The Bertz CT molecular complexity index is 537. The molecule has 106 valence electrons. The maximum atomic E-state index is 6.02. The van der Waals surface area contributed by atoms with E-state index in [1.807, 2.05) is 36.4 Å². The summed E-state index contributed by atoms with van der Waals surface area (Å²) in [5.41, 5.74) is 9.18. The highest BCUT2D eigenvalue weighted by atomic mass is 15.0. The quantitative estimate of drug-likeness (QED) is 0.847. The smallest absolute Gasteiger partial charge is 0.147 e. The molecule has 0 spiro atoms. The maximum Gasteiger partial charge on any atom is 0.147 e. The molecular weight excluding hydrogens is 248 g/mol. The molecule has 1 aromatic carbocycles. The molecule has 0 atom stereocenters. The SMILES string of the molecule is CN(C)CCCc1ccnc(N)c1Nc1ccccc1. The van der Waals surface area contributed by atoms with Gasteiger partial charge in [0, 0.05) is 11.9 Å². The molecule has 0 radical (unpaired) electrons. The van der Waals surface area contributed by atoms with E-state index >= 15 is 0 Å². The largest absolute Gasteiger partial charge is 0.382 e. The van der Waals surface area contributed by atoms with E-state index in [1.165, 1.54) is 5.56 Å². The van der Waals surface area contributed by atoms with Gasteiger partial charge >= 0.3 is 0 Å². The Morgan fingerprint density at radius 1 is 1.15 bits per heavy atom. The van der Waals surface area contributed by atoms with Gasteiger partial charge < -0.3 is 16.0 Å². The van der Waals surface area contributed by atoms with Crippen LogP contribution in [-0.4, -0.2) is 30.5 Å². The van der Waals surface area contributed by atoms with Gasteiger partial charge in [0.05, 0.1) is 5.69 Å². The molecule has 0 aliphatic heterocycles. The maximum absolute atomic E-state index is 6.02. The number of benzene rings is 1. The number of pyridine rings is 1. The van der Waals surface area contributed by atoms with Crippen molar-refractivity contribution in [2.45, 2.75) is 12.8 Å². The second-order valence-electron chi connectivity index (χ2n) is 5.13. The number of nitrogens with two attached hydrogens (primary N) is 1. The van der Waals surface area contributed by atoms with E-state index in [-0.39, 0.29) is 0 Å². The molecular formula is C16H22N4. The Morgan fingerprint density at radius 2 is 1.90 bits per heavy atom. The number of rotatable bonds is 6. The number of hydrogen-bond donors (Lipinski definition) is 2. The third-order valence-electron chi connectivity index (χ3n) is 3.16. The number of para-hydroxylation sites is 1. The van der Waals surface area contributed by atoms with Crippen LogP contribution in [0.4, 0.5) is 17.2 Å². The van der Waals surface area contributed by atoms with Crippen molar-refractivity contribution in [1.29, 1.82) is 0 Å². The van der Waals surface area contributed by atoms with Gasteiger partial charge in [0.15, 0.2) is 0 Å². The predicted octanol–water partition coefficient (Wildman–Crippen LogP) is 2.90. The fraction of sp³-hybridized carbons (Fsp3) is 0.312. The summed E-state index contributed by atoms with van der Waals surface area (Å²) in [6, 6.07) is 12.1. The highest BCUT2D eigenvalue weighted by Crippen LogP contribution is 2.26. The predicted molar refractivity (Wildman–Crippen MR) is 85.2 cm³/mol. The van der Waals surface area contributed by atoms with Gasteiger partial charge in [0.1, 0.15) is 5.82 Å². The van der Waals surface area contributed by atoms with E-state index < -0.39 is 0 Å². The minimum atomic E-state index is 0.552. The lowest BCUT2D eigenvalue weighted by Crippen LogP contribution is -2.14. The van der Waals surface area contributed by atoms with Gasteiger partial charge in [0.25, 0.3) is 0 Å². The number of hydrogen-bond acceptors (Lipinski definition) is 4. The van der Waals surface area contributed by atoms with E-state index in [0.717, 1.165) is 30.8 Å². The summed E-state index contributed by atoms with van der Waals surface area (Å²) in [6.07, 6.45) is 3.86. The molecule has 2 rings (SSSR count). The first-order valence-electron chi connectivity index (χ1n) is 6.87. The third-order valence-corrected chi connectivity index (χ3v) is 3.16. The number of nitrogen functional groups attached to an aromatic ring is 1. The van der Waals surface area contributed by atoms with Crippen LogP contribution in [0.1, 0.15) is 12.0 Å². The summed E-state index contributed by atoms with van der Waals surface area (Å²) >= 11 is 0. The Balaban J connectivity index is 2.14. The van der Waals surface area contributed by atoms with E-state index in [0.29, 0.717) is 5.82 Å². The molecule has 0 fully saturated rings. The third kappa shape index (κ3) is 3.96. The highest BCUT2D eigenvalue weighted by molar-refractivity contribution is 5.73. The molecule has 4 heteroatoms. The molecule has 0 aliphatic rings. The highest BCUT2D eigenvalue weighted by Gasteiger charge is 2.08. The minimum absolute atomic E-state index is 0.552. The standard InChI is InChI=1S/C16H22N4/c1-20(2)12-6-7-13-10-11-18-16(17)15(13)19-14-8-4-3-5-9-14/h3-5,8-11,19H,6-7,12H2,1-2H3,(H2,17,18). The summed E-state index contributed by atoms with van der Waals surface area (Å²) in [6.45, 7) is 1.06. The zero-order chi connectivity index (χ0) is 14.4. The Labute approximate surface area is 120 Å². The summed E-state index contributed by atoms with van der Waals surface area (Å²) in [4.78, 5) is 6.37. The average Bonchev–Trinajstić information content (AvgIpc) is 2.43. The molecule has 1 heterocycles. The van der Waals surface area contributed by atoms with Crippen LogP contribution in [0.25, 0.3) is 0 Å². The molecule has 20 heavy (non-hydrogen) atoms. The second kappa shape index (κ2) is 6.91. The van der Waals surface area contributed by atoms with Crippen molar-refractivity contribution >= 4 is 17.2 Å². The zero-order valence-electron chi connectivity index (χ0n) is 12.1. The first-order chi connectivity index (χ1) is 9.66. The lowest BCUT2D eigenvalue weighted by atomic mass is 10.1. The van der Waals surface area contributed by atoms with Crippen LogP contribution < -0.4 is 11.1 Å². The first-order valence-corrected chi connectivity index (χ1v) is 6.87. The number of anilines is 3. The van der Waals surface area contributed by atoms with Crippen LogP contribution >= 0.6 is 0 Å². The van der Waals surface area contributed by atoms with Gasteiger partial charge in [-0.05, 0) is 57.2 Å². The fourth-order valence-electron chi connectivity index (χ4n) is 2.12. The van der Waals surface area contributed by atoms with Crippen molar-refractivity contribution in [1.82, 2.24) is 9.88 Å². The monoisotopic (exact) mass is 270 g/mol. The van der Waals surface area contributed by atoms with Gasteiger partial charge in [-0.15, -0.1) is 0 Å². The lowest BCUT2D eigenvalue weighted by Gasteiger charge is -2.15. The topological polar surface area (TPSA) is 54.2 Å². The van der Waals surface area contributed by atoms with Crippen LogP contribution in [0.2, 0.25) is 0 Å². The number of aromatic nitrogens is 1. The van der Waals surface area contributed by atoms with Crippen molar-refractivity contribution in [2.24, 2.45) is 0 Å². The molecule has 1 aromatic heterocycles. The normalized spacial score (nSPS) is 10.8. The zero-order valence-corrected chi connectivity index (χ0v) is 12.1. The van der Waals surface area contributed by atoms with Crippen molar-refractivity contribution in [2.75, 3.05) is 31.7 Å². The Kier molecular flexibility index (Phi) is 4.96. The van der Waals surface area contributed by atoms with Gasteiger partial charge in [-0.25, -0.2) is 4.98 Å².